The third-order valence-electron chi connectivity index (χ3n) is 4.09. The van der Waals surface area contributed by atoms with E-state index in [2.05, 4.69) is 25.0 Å². The Balaban J connectivity index is 1.56. The number of hydrogen-bond donors (Lipinski definition) is 1. The fourth-order valence-electron chi connectivity index (χ4n) is 2.86. The van der Waals surface area contributed by atoms with Crippen molar-refractivity contribution in [2.45, 2.75) is 31.4 Å². The van der Waals surface area contributed by atoms with Gasteiger partial charge in [-0.15, -0.1) is 0 Å². The van der Waals surface area contributed by atoms with Crippen molar-refractivity contribution >= 4 is 0 Å². The normalized spacial score (nSPS) is 26.3. The Morgan fingerprint density at radius 3 is 3.00 bits per heavy atom. The fraction of sp³-hybridized carbons (Fsp3) is 0.571. The lowest BCUT2D eigenvalue weighted by molar-refractivity contribution is 0.170. The minimum Gasteiger partial charge on any atom is -0.392 e. The van der Waals surface area contributed by atoms with Crippen LogP contribution >= 0.6 is 0 Å². The van der Waals surface area contributed by atoms with Crippen molar-refractivity contribution in [3.05, 3.63) is 24.5 Å². The van der Waals surface area contributed by atoms with Crippen LogP contribution in [0.25, 0.3) is 11.5 Å². The van der Waals surface area contributed by atoms with Crippen LogP contribution in [0.1, 0.15) is 31.2 Å². The number of aromatic nitrogens is 4. The maximum absolute atomic E-state index is 9.93. The molecule has 7 heteroatoms. The summed E-state index contributed by atoms with van der Waals surface area (Å²) in [7, 11) is 0. The summed E-state index contributed by atoms with van der Waals surface area (Å²) in [5, 5.41) is 13.9. The van der Waals surface area contributed by atoms with Crippen LogP contribution in [0.15, 0.2) is 23.1 Å². The second-order valence-corrected chi connectivity index (χ2v) is 5.85. The molecule has 1 N–H and O–H groups in total. The summed E-state index contributed by atoms with van der Waals surface area (Å²) in [5.41, 5.74) is 0.597. The maximum atomic E-state index is 9.93. The molecule has 21 heavy (non-hydrogen) atoms. The van der Waals surface area contributed by atoms with E-state index in [1.807, 2.05) is 0 Å². The number of likely N-dealkylation sites (tertiary alicyclic amines) is 1. The van der Waals surface area contributed by atoms with Gasteiger partial charge in [0.1, 0.15) is 5.69 Å². The highest BCUT2D eigenvalue weighted by Crippen LogP contribution is 2.37. The van der Waals surface area contributed by atoms with Crippen molar-refractivity contribution < 1.29 is 9.63 Å². The molecule has 2 unspecified atom stereocenters. The third-order valence-corrected chi connectivity index (χ3v) is 4.09. The fourth-order valence-corrected chi connectivity index (χ4v) is 2.86. The molecule has 0 spiro atoms. The number of hydrogen-bond acceptors (Lipinski definition) is 7. The molecular weight excluding hydrogens is 270 g/mol. The molecule has 2 aromatic rings. The molecule has 1 aliphatic carbocycles. The van der Waals surface area contributed by atoms with Crippen molar-refractivity contribution in [2.24, 2.45) is 5.92 Å². The maximum Gasteiger partial charge on any atom is 0.244 e. The van der Waals surface area contributed by atoms with Crippen molar-refractivity contribution in [2.75, 3.05) is 13.1 Å². The first kappa shape index (κ1) is 12.8. The van der Waals surface area contributed by atoms with E-state index in [1.165, 1.54) is 12.8 Å². The van der Waals surface area contributed by atoms with Crippen molar-refractivity contribution in [3.63, 3.8) is 0 Å². The Hall–Kier alpha value is -1.86. The molecule has 2 aromatic heterocycles. The molecule has 4 rings (SSSR count). The van der Waals surface area contributed by atoms with Gasteiger partial charge in [0.05, 0.1) is 18.3 Å². The van der Waals surface area contributed by atoms with Crippen LogP contribution in [0.5, 0.6) is 0 Å². The van der Waals surface area contributed by atoms with Crippen LogP contribution in [0, 0.1) is 5.92 Å². The summed E-state index contributed by atoms with van der Waals surface area (Å²) in [6.07, 6.45) is 7.72. The molecule has 2 aliphatic rings. The summed E-state index contributed by atoms with van der Waals surface area (Å²) in [4.78, 5) is 14.9. The SMILES string of the molecule is OC1CC(c2nc(-c3cnccn3)no2)N(CC2CC2)C1. The predicted octanol–water partition coefficient (Wildman–Crippen LogP) is 1.04. The molecule has 0 aromatic carbocycles. The van der Waals surface area contributed by atoms with E-state index in [1.54, 1.807) is 18.6 Å². The third kappa shape index (κ3) is 2.66. The van der Waals surface area contributed by atoms with Gasteiger partial charge in [-0.25, -0.2) is 4.98 Å². The van der Waals surface area contributed by atoms with Crippen LogP contribution in [0.3, 0.4) is 0 Å². The molecule has 0 bridgehead atoms. The Morgan fingerprint density at radius 2 is 2.24 bits per heavy atom. The van der Waals surface area contributed by atoms with Gasteiger partial charge >= 0.3 is 0 Å². The zero-order valence-electron chi connectivity index (χ0n) is 11.6. The van der Waals surface area contributed by atoms with Crippen LogP contribution in [-0.4, -0.2) is 49.3 Å². The summed E-state index contributed by atoms with van der Waals surface area (Å²) in [5.74, 6) is 1.78. The highest BCUT2D eigenvalue weighted by Gasteiger charge is 2.38. The predicted molar refractivity (Wildman–Crippen MR) is 73.0 cm³/mol. The second-order valence-electron chi connectivity index (χ2n) is 5.85. The smallest absolute Gasteiger partial charge is 0.244 e. The lowest BCUT2D eigenvalue weighted by atomic mass is 10.2. The van der Waals surface area contributed by atoms with Gasteiger partial charge in [0.2, 0.25) is 11.7 Å². The zero-order chi connectivity index (χ0) is 14.2. The topological polar surface area (TPSA) is 88.2 Å². The van der Waals surface area contributed by atoms with Crippen molar-refractivity contribution in [3.8, 4) is 11.5 Å². The van der Waals surface area contributed by atoms with Gasteiger partial charge in [-0.05, 0) is 25.2 Å². The molecular formula is C14H17N5O2. The average Bonchev–Trinajstić information content (AvgIpc) is 3.05. The van der Waals surface area contributed by atoms with Crippen LogP contribution < -0.4 is 0 Å². The molecule has 0 amide bonds. The molecule has 1 aliphatic heterocycles. The highest BCUT2D eigenvalue weighted by atomic mass is 16.5. The number of nitrogens with zero attached hydrogens (tertiary/aromatic N) is 5. The lowest BCUT2D eigenvalue weighted by Crippen LogP contribution is -2.27. The van der Waals surface area contributed by atoms with Crippen molar-refractivity contribution in [1.82, 2.24) is 25.0 Å². The second kappa shape index (κ2) is 5.16. The first-order valence-electron chi connectivity index (χ1n) is 7.31. The van der Waals surface area contributed by atoms with E-state index in [0.717, 1.165) is 12.5 Å². The minimum atomic E-state index is -0.319. The lowest BCUT2D eigenvalue weighted by Gasteiger charge is -2.20. The molecule has 2 fully saturated rings. The minimum absolute atomic E-state index is 0.0125. The summed E-state index contributed by atoms with van der Waals surface area (Å²) < 4.78 is 5.40. The number of rotatable bonds is 4. The van der Waals surface area contributed by atoms with E-state index in [-0.39, 0.29) is 12.1 Å². The Labute approximate surface area is 122 Å². The van der Waals surface area contributed by atoms with Crippen LogP contribution in [0.4, 0.5) is 0 Å². The summed E-state index contributed by atoms with van der Waals surface area (Å²) in [6.45, 7) is 1.69. The van der Waals surface area contributed by atoms with Gasteiger partial charge in [-0.2, -0.15) is 4.98 Å². The monoisotopic (exact) mass is 287 g/mol. The van der Waals surface area contributed by atoms with E-state index >= 15 is 0 Å². The van der Waals surface area contributed by atoms with E-state index in [4.69, 9.17) is 4.52 Å². The molecule has 110 valence electrons. The largest absolute Gasteiger partial charge is 0.392 e. The summed E-state index contributed by atoms with van der Waals surface area (Å²) in [6, 6.07) is 0.0125. The molecule has 7 nitrogen and oxygen atoms in total. The Morgan fingerprint density at radius 1 is 1.33 bits per heavy atom. The number of aliphatic hydroxyl groups is 1. The Bertz CT molecular complexity index is 613. The van der Waals surface area contributed by atoms with Gasteiger partial charge < -0.3 is 9.63 Å². The van der Waals surface area contributed by atoms with Gasteiger partial charge in [0.15, 0.2) is 0 Å². The summed E-state index contributed by atoms with van der Waals surface area (Å²) >= 11 is 0. The molecule has 1 saturated heterocycles. The van der Waals surface area contributed by atoms with E-state index in [0.29, 0.717) is 30.4 Å². The zero-order valence-corrected chi connectivity index (χ0v) is 11.6. The van der Waals surface area contributed by atoms with Crippen LogP contribution in [-0.2, 0) is 0 Å². The quantitative estimate of drug-likeness (QED) is 0.898. The first-order chi connectivity index (χ1) is 10.3. The van der Waals surface area contributed by atoms with Gasteiger partial charge in [0, 0.05) is 25.5 Å². The molecule has 2 atom stereocenters. The van der Waals surface area contributed by atoms with E-state index in [9.17, 15) is 5.11 Å². The average molecular weight is 287 g/mol. The first-order valence-corrected chi connectivity index (χ1v) is 7.31. The molecule has 0 radical (unpaired) electrons. The standard InChI is InChI=1S/C14H17N5O2/c20-10-5-12(19(8-10)7-9-1-2-9)14-17-13(18-21-14)11-6-15-3-4-16-11/h3-4,6,9-10,12,20H,1-2,5,7-8H2. The van der Waals surface area contributed by atoms with Gasteiger partial charge in [-0.3, -0.25) is 9.88 Å². The number of aliphatic hydroxyl groups excluding tert-OH is 1. The van der Waals surface area contributed by atoms with Gasteiger partial charge in [-0.1, -0.05) is 5.16 Å². The highest BCUT2D eigenvalue weighted by molar-refractivity contribution is 5.45. The molecule has 1 saturated carbocycles. The van der Waals surface area contributed by atoms with Crippen molar-refractivity contribution in [1.29, 1.82) is 0 Å². The van der Waals surface area contributed by atoms with E-state index < -0.39 is 0 Å². The number of β-amino-alcohol motifs (C(OH)–C–C–N with tert-alkyl or cyclic N) is 1. The Kier molecular flexibility index (Phi) is 3.16. The van der Waals surface area contributed by atoms with Crippen LogP contribution in [0.2, 0.25) is 0 Å². The molecule has 3 heterocycles. The van der Waals surface area contributed by atoms with Gasteiger partial charge in [0.25, 0.3) is 0 Å².